The van der Waals surface area contributed by atoms with Crippen molar-refractivity contribution in [2.45, 2.75) is 103 Å². The lowest BCUT2D eigenvalue weighted by Gasteiger charge is -2.41. The van der Waals surface area contributed by atoms with Gasteiger partial charge < -0.3 is 19.7 Å². The normalized spacial score (nSPS) is 42.4. The highest BCUT2D eigenvalue weighted by Gasteiger charge is 2.61. The first-order valence-electron chi connectivity index (χ1n) is 13.3. The van der Waals surface area contributed by atoms with Crippen LogP contribution in [0.5, 0.6) is 0 Å². The Hall–Kier alpha value is -1.65. The molecule has 206 valence electrons. The molecule has 0 saturated carbocycles. The molecule has 1 aromatic rings. The topological polar surface area (TPSA) is 112 Å². The molecule has 2 bridgehead atoms. The van der Waals surface area contributed by atoms with Gasteiger partial charge >= 0.3 is 5.97 Å². The van der Waals surface area contributed by atoms with Crippen molar-refractivity contribution in [3.8, 4) is 0 Å². The summed E-state index contributed by atoms with van der Waals surface area (Å²) in [6.07, 6.45) is 1.12. The molecule has 2 N–H and O–H groups in total. The van der Waals surface area contributed by atoms with Gasteiger partial charge in [0.25, 0.3) is 0 Å². The van der Waals surface area contributed by atoms with Crippen LogP contribution in [0.3, 0.4) is 0 Å². The van der Waals surface area contributed by atoms with Gasteiger partial charge in [-0.05, 0) is 65.2 Å². The van der Waals surface area contributed by atoms with Crippen molar-refractivity contribution < 1.29 is 29.3 Å². The number of aryl methyl sites for hydroxylation is 1. The molecule has 0 amide bonds. The van der Waals surface area contributed by atoms with E-state index >= 15 is 0 Å². The van der Waals surface area contributed by atoms with Gasteiger partial charge in [-0.2, -0.15) is 0 Å². The third-order valence-corrected chi connectivity index (χ3v) is 9.66. The predicted molar refractivity (Wildman–Crippen MR) is 142 cm³/mol. The zero-order chi connectivity index (χ0) is 27.3. The van der Waals surface area contributed by atoms with Gasteiger partial charge in [-0.1, -0.05) is 20.3 Å². The number of aliphatic hydroxyl groups excluding tert-OH is 2. The molecule has 9 atom stereocenters. The van der Waals surface area contributed by atoms with Gasteiger partial charge in [-0.15, -0.1) is 11.3 Å². The number of nitrogens with zero attached hydrogens (tertiary/aromatic N) is 2. The Bertz CT molecular complexity index is 1060. The number of hydrogen-bond donors (Lipinski definition) is 2. The summed E-state index contributed by atoms with van der Waals surface area (Å²) >= 11 is 1.56. The molecule has 3 aliphatic rings. The van der Waals surface area contributed by atoms with Gasteiger partial charge in [0.2, 0.25) is 0 Å². The summed E-state index contributed by atoms with van der Waals surface area (Å²) in [6, 6.07) is -0.360. The summed E-state index contributed by atoms with van der Waals surface area (Å²) < 4.78 is 12.4. The minimum absolute atomic E-state index is 0.0761. The van der Waals surface area contributed by atoms with Crippen molar-refractivity contribution in [1.29, 1.82) is 0 Å². The summed E-state index contributed by atoms with van der Waals surface area (Å²) in [6.45, 7) is 11.6. The van der Waals surface area contributed by atoms with Crippen LogP contribution in [0.15, 0.2) is 11.0 Å². The van der Waals surface area contributed by atoms with Crippen LogP contribution in [0, 0.1) is 24.2 Å². The van der Waals surface area contributed by atoms with Crippen molar-refractivity contribution in [2.75, 3.05) is 13.6 Å². The molecule has 0 spiro atoms. The molecule has 0 aromatic carbocycles. The summed E-state index contributed by atoms with van der Waals surface area (Å²) in [5.74, 6) is -1.55. The minimum atomic E-state index is -1.27. The maximum atomic E-state index is 13.9. The van der Waals surface area contributed by atoms with E-state index < -0.39 is 41.2 Å². The number of esters is 1. The molecule has 37 heavy (non-hydrogen) atoms. The highest BCUT2D eigenvalue weighted by atomic mass is 32.1. The molecule has 9 heteroatoms. The number of fused-ring (bicyclic) bond motifs is 5. The second-order valence-electron chi connectivity index (χ2n) is 12.0. The second kappa shape index (κ2) is 10.5. The summed E-state index contributed by atoms with van der Waals surface area (Å²) in [4.78, 5) is 33.6. The van der Waals surface area contributed by atoms with E-state index in [0.29, 0.717) is 0 Å². The highest BCUT2D eigenvalue weighted by molar-refractivity contribution is 7.09. The molecule has 1 unspecified atom stereocenters. The van der Waals surface area contributed by atoms with Gasteiger partial charge in [0, 0.05) is 17.8 Å². The van der Waals surface area contributed by atoms with Gasteiger partial charge in [0.15, 0.2) is 0 Å². The summed E-state index contributed by atoms with van der Waals surface area (Å²) in [5.41, 5.74) is -0.0401. The lowest BCUT2D eigenvalue weighted by atomic mass is 9.71. The number of cyclic esters (lactones) is 1. The van der Waals surface area contributed by atoms with E-state index in [-0.39, 0.29) is 36.8 Å². The Morgan fingerprint density at radius 3 is 2.62 bits per heavy atom. The number of epoxide rings is 1. The number of ketones is 1. The molecule has 4 rings (SSSR count). The molecule has 0 radical (unpaired) electrons. The number of carbonyl (C=O) groups is 2. The largest absolute Gasteiger partial charge is 0.456 e. The first kappa shape index (κ1) is 28.4. The van der Waals surface area contributed by atoms with Crippen LogP contribution in [-0.4, -0.2) is 81.5 Å². The summed E-state index contributed by atoms with van der Waals surface area (Å²) in [7, 11) is 1.90. The van der Waals surface area contributed by atoms with Crippen LogP contribution in [-0.2, 0) is 19.1 Å². The lowest BCUT2D eigenvalue weighted by molar-refractivity contribution is -0.153. The van der Waals surface area contributed by atoms with Gasteiger partial charge in [-0.3, -0.25) is 14.5 Å². The average Bonchev–Trinajstić information content (AvgIpc) is 3.28. The smallest absolute Gasteiger partial charge is 0.309 e. The van der Waals surface area contributed by atoms with E-state index in [1.807, 2.05) is 44.2 Å². The number of Topliss-reactive ketones (excluding diaryl/α,β-unsaturated/α-hetero) is 1. The zero-order valence-corrected chi connectivity index (χ0v) is 23.9. The molecule has 8 nitrogen and oxygen atoms in total. The molecule has 0 aliphatic carbocycles. The number of rotatable bonds is 2. The average molecular weight is 535 g/mol. The lowest BCUT2D eigenvalue weighted by Crippen LogP contribution is -2.56. The SMILES string of the molecule is C/C(=C\c1csc(C)n1)[C@H]1OC(=O)C[C@H](O)[C@]2(C)CN(C)C1[C@@H]1O[C@]1(C)CCC[C@H](C)[C@H](O)[C@@H](C)C2=O. The van der Waals surface area contributed by atoms with E-state index in [4.69, 9.17) is 9.47 Å². The van der Waals surface area contributed by atoms with Gasteiger partial charge in [0.1, 0.15) is 18.0 Å². The van der Waals surface area contributed by atoms with Crippen molar-refractivity contribution in [2.24, 2.45) is 17.3 Å². The summed E-state index contributed by atoms with van der Waals surface area (Å²) in [5, 5.41) is 25.2. The van der Waals surface area contributed by atoms with E-state index in [9.17, 15) is 19.8 Å². The van der Waals surface area contributed by atoms with Crippen LogP contribution in [0.4, 0.5) is 0 Å². The van der Waals surface area contributed by atoms with Crippen LogP contribution >= 0.6 is 11.3 Å². The Balaban J connectivity index is 1.80. The standard InChI is InChI=1S/C28H42N2O6S/c1-15-9-8-10-28(6)26(36-28)22-24(16(2)11-19-13-37-18(4)29-19)35-21(32)12-20(31)27(5,14-30(22)7)25(34)17(3)23(15)33/h11,13,15,17,20,22-24,26,31,33H,8-10,12,14H2,1-7H3/b16-11+/t15-,17+,20-,22?,23-,24+,26-,27-,28+/m0/s1. The van der Waals surface area contributed by atoms with Crippen molar-refractivity contribution >= 4 is 29.2 Å². The molecule has 4 heterocycles. The number of hydrogen-bond acceptors (Lipinski definition) is 9. The van der Waals surface area contributed by atoms with E-state index in [0.717, 1.165) is 35.5 Å². The molecular formula is C28H42N2O6S. The highest BCUT2D eigenvalue weighted by Crippen LogP contribution is 2.48. The monoisotopic (exact) mass is 534 g/mol. The number of aromatic nitrogens is 1. The molecular weight excluding hydrogens is 492 g/mol. The van der Waals surface area contributed by atoms with Crippen LogP contribution < -0.4 is 0 Å². The van der Waals surface area contributed by atoms with E-state index in [2.05, 4.69) is 11.9 Å². The van der Waals surface area contributed by atoms with Gasteiger partial charge in [-0.25, -0.2) is 4.98 Å². The van der Waals surface area contributed by atoms with Gasteiger partial charge in [0.05, 0.1) is 46.4 Å². The molecule has 3 aliphatic heterocycles. The Kier molecular flexibility index (Phi) is 8.04. The Labute approximate surface area is 224 Å². The zero-order valence-electron chi connectivity index (χ0n) is 23.1. The molecule has 3 saturated heterocycles. The minimum Gasteiger partial charge on any atom is -0.456 e. The van der Waals surface area contributed by atoms with Crippen molar-refractivity contribution in [3.63, 3.8) is 0 Å². The first-order chi connectivity index (χ1) is 17.3. The number of thiazole rings is 1. The Morgan fingerprint density at radius 2 is 1.97 bits per heavy atom. The predicted octanol–water partition coefficient (Wildman–Crippen LogP) is 3.38. The third kappa shape index (κ3) is 5.57. The number of likely N-dealkylation sites (N-methyl/N-ethyl adjacent to an activating group) is 1. The molecule has 3 fully saturated rings. The fraction of sp³-hybridized carbons (Fsp3) is 0.750. The quantitative estimate of drug-likeness (QED) is 0.439. The second-order valence-corrected chi connectivity index (χ2v) is 13.1. The molecule has 1 aromatic heterocycles. The van der Waals surface area contributed by atoms with Crippen molar-refractivity contribution in [1.82, 2.24) is 9.88 Å². The van der Waals surface area contributed by atoms with Crippen molar-refractivity contribution in [3.05, 3.63) is 21.7 Å². The third-order valence-electron chi connectivity index (χ3n) is 8.87. The maximum Gasteiger partial charge on any atom is 0.309 e. The van der Waals surface area contributed by atoms with E-state index in [1.54, 1.807) is 25.2 Å². The number of ether oxygens (including phenoxy) is 2. The van der Waals surface area contributed by atoms with Crippen LogP contribution in [0.25, 0.3) is 6.08 Å². The number of aliphatic hydroxyl groups is 2. The number of carbonyl (C=O) groups excluding carboxylic acids is 2. The first-order valence-corrected chi connectivity index (χ1v) is 14.2. The fourth-order valence-electron chi connectivity index (χ4n) is 6.36. The fourth-order valence-corrected chi connectivity index (χ4v) is 6.93. The van der Waals surface area contributed by atoms with E-state index in [1.165, 1.54) is 0 Å². The van der Waals surface area contributed by atoms with Crippen LogP contribution in [0.2, 0.25) is 0 Å². The maximum absolute atomic E-state index is 13.9. The Morgan fingerprint density at radius 1 is 1.27 bits per heavy atom. The van der Waals surface area contributed by atoms with Crippen LogP contribution in [0.1, 0.15) is 71.0 Å².